The summed E-state index contributed by atoms with van der Waals surface area (Å²) in [6, 6.07) is 17.1. The summed E-state index contributed by atoms with van der Waals surface area (Å²) in [6.45, 7) is 1.84. The van der Waals surface area contributed by atoms with E-state index in [0.29, 0.717) is 11.3 Å². The molecule has 1 amide bonds. The van der Waals surface area contributed by atoms with Crippen LogP contribution in [0.3, 0.4) is 0 Å². The highest BCUT2D eigenvalue weighted by Crippen LogP contribution is 2.22. The number of hydrogen-bond donors (Lipinski definition) is 2. The zero-order valence-electron chi connectivity index (χ0n) is 16.0. The molecule has 0 saturated heterocycles. The fourth-order valence-electron chi connectivity index (χ4n) is 2.71. The Labute approximate surface area is 169 Å². The van der Waals surface area contributed by atoms with E-state index in [4.69, 9.17) is 4.74 Å². The molecule has 0 radical (unpaired) electrons. The van der Waals surface area contributed by atoms with E-state index in [9.17, 15) is 13.2 Å². The van der Waals surface area contributed by atoms with Gasteiger partial charge in [-0.15, -0.1) is 0 Å². The number of carbonyl (C=O) groups excluding carboxylic acids is 1. The Balaban J connectivity index is 1.82. The summed E-state index contributed by atoms with van der Waals surface area (Å²) >= 11 is 0. The number of carbonyl (C=O) groups is 1. The van der Waals surface area contributed by atoms with Crippen molar-refractivity contribution in [2.45, 2.75) is 18.4 Å². The highest BCUT2D eigenvalue weighted by molar-refractivity contribution is 7.89. The zero-order valence-corrected chi connectivity index (χ0v) is 16.9. The van der Waals surface area contributed by atoms with Crippen LogP contribution >= 0.6 is 0 Å². The molecule has 2 N–H and O–H groups in total. The monoisotopic (exact) mass is 411 g/mol. The second-order valence-corrected chi connectivity index (χ2v) is 8.03. The molecule has 0 bridgehead atoms. The molecule has 3 aromatic rings. The Morgan fingerprint density at radius 1 is 1.07 bits per heavy atom. The number of ether oxygens (including phenoxy) is 1. The Morgan fingerprint density at radius 2 is 1.83 bits per heavy atom. The Kier molecular flexibility index (Phi) is 6.26. The van der Waals surface area contributed by atoms with Gasteiger partial charge in [0.25, 0.3) is 5.91 Å². The van der Waals surface area contributed by atoms with Crippen LogP contribution in [-0.4, -0.2) is 26.4 Å². The van der Waals surface area contributed by atoms with Crippen LogP contribution in [0.15, 0.2) is 71.8 Å². The lowest BCUT2D eigenvalue weighted by Crippen LogP contribution is -2.24. The van der Waals surface area contributed by atoms with E-state index in [2.05, 4.69) is 15.0 Å². The Bertz CT molecular complexity index is 1120. The molecule has 0 unspecified atom stereocenters. The van der Waals surface area contributed by atoms with Gasteiger partial charge in [0, 0.05) is 18.3 Å². The maximum absolute atomic E-state index is 12.8. The number of hydrogen-bond acceptors (Lipinski definition) is 5. The first kappa shape index (κ1) is 20.5. The molecule has 0 aliphatic rings. The molecule has 1 aromatic heterocycles. The summed E-state index contributed by atoms with van der Waals surface area (Å²) in [6.07, 6.45) is 1.52. The van der Waals surface area contributed by atoms with Gasteiger partial charge in [0.1, 0.15) is 0 Å². The third kappa shape index (κ3) is 4.98. The number of pyridine rings is 1. The first-order valence-corrected chi connectivity index (χ1v) is 10.3. The van der Waals surface area contributed by atoms with Crippen LogP contribution in [-0.2, 0) is 16.6 Å². The standard InChI is InChI=1S/C21H21N3O4S/c1-15-10-11-17(21(25)24-20-18(28-2)9-6-12-22-20)13-19(15)29(26,27)23-14-16-7-4-3-5-8-16/h3-13,23H,14H2,1-2H3,(H,22,24,25). The molecule has 0 aliphatic heterocycles. The number of nitrogens with zero attached hydrogens (tertiary/aromatic N) is 1. The molecule has 1 heterocycles. The van der Waals surface area contributed by atoms with Crippen molar-refractivity contribution >= 4 is 21.7 Å². The van der Waals surface area contributed by atoms with Crippen LogP contribution in [0.4, 0.5) is 5.82 Å². The average Bonchev–Trinajstić information content (AvgIpc) is 2.73. The van der Waals surface area contributed by atoms with Crippen LogP contribution in [0.5, 0.6) is 5.75 Å². The molecular formula is C21H21N3O4S. The number of aryl methyl sites for hydroxylation is 1. The Hall–Kier alpha value is -3.23. The van der Waals surface area contributed by atoms with E-state index >= 15 is 0 Å². The summed E-state index contributed by atoms with van der Waals surface area (Å²) in [7, 11) is -2.33. The van der Waals surface area contributed by atoms with Crippen molar-refractivity contribution in [3.8, 4) is 5.75 Å². The molecular weight excluding hydrogens is 390 g/mol. The van der Waals surface area contributed by atoms with Crippen molar-refractivity contribution in [1.82, 2.24) is 9.71 Å². The number of methoxy groups -OCH3 is 1. The maximum atomic E-state index is 12.8. The van der Waals surface area contributed by atoms with Crippen molar-refractivity contribution in [2.24, 2.45) is 0 Å². The molecule has 2 aromatic carbocycles. The van der Waals surface area contributed by atoms with Crippen molar-refractivity contribution < 1.29 is 17.9 Å². The molecule has 0 aliphatic carbocycles. The van der Waals surface area contributed by atoms with Gasteiger partial charge >= 0.3 is 0 Å². The van der Waals surface area contributed by atoms with Gasteiger partial charge in [-0.1, -0.05) is 36.4 Å². The number of sulfonamides is 1. The number of aromatic nitrogens is 1. The van der Waals surface area contributed by atoms with Crippen LogP contribution in [0.1, 0.15) is 21.5 Å². The van der Waals surface area contributed by atoms with Crippen molar-refractivity contribution in [3.05, 3.63) is 83.6 Å². The first-order chi connectivity index (χ1) is 13.9. The zero-order chi connectivity index (χ0) is 20.9. The highest BCUT2D eigenvalue weighted by Gasteiger charge is 2.19. The van der Waals surface area contributed by atoms with Crippen LogP contribution in [0.2, 0.25) is 0 Å². The number of rotatable bonds is 7. The van der Waals surface area contributed by atoms with Gasteiger partial charge in [0.15, 0.2) is 11.6 Å². The predicted octanol–water partition coefficient (Wildman–Crippen LogP) is 3.13. The quantitative estimate of drug-likeness (QED) is 0.623. The lowest BCUT2D eigenvalue weighted by molar-refractivity contribution is 0.102. The molecule has 0 atom stereocenters. The number of anilines is 1. The number of benzene rings is 2. The Morgan fingerprint density at radius 3 is 2.55 bits per heavy atom. The molecule has 8 heteroatoms. The van der Waals surface area contributed by atoms with Crippen molar-refractivity contribution in [1.29, 1.82) is 0 Å². The fraction of sp³-hybridized carbons (Fsp3) is 0.143. The van der Waals surface area contributed by atoms with E-state index in [1.54, 1.807) is 31.2 Å². The van der Waals surface area contributed by atoms with E-state index < -0.39 is 15.9 Å². The summed E-state index contributed by atoms with van der Waals surface area (Å²) < 4.78 is 33.3. The van der Waals surface area contributed by atoms with Gasteiger partial charge in [-0.05, 0) is 42.3 Å². The minimum Gasteiger partial charge on any atom is -0.493 e. The normalized spacial score (nSPS) is 11.1. The van der Waals surface area contributed by atoms with Gasteiger partial charge in [0.2, 0.25) is 10.0 Å². The van der Waals surface area contributed by atoms with Crippen LogP contribution in [0, 0.1) is 6.92 Å². The number of amides is 1. The number of nitrogens with one attached hydrogen (secondary N) is 2. The largest absolute Gasteiger partial charge is 0.493 e. The van der Waals surface area contributed by atoms with Gasteiger partial charge < -0.3 is 10.1 Å². The molecule has 0 saturated carbocycles. The lowest BCUT2D eigenvalue weighted by Gasteiger charge is -2.12. The van der Waals surface area contributed by atoms with Crippen LogP contribution in [0.25, 0.3) is 0 Å². The van der Waals surface area contributed by atoms with Gasteiger partial charge in [-0.3, -0.25) is 4.79 Å². The molecule has 150 valence electrons. The highest BCUT2D eigenvalue weighted by atomic mass is 32.2. The molecule has 3 rings (SSSR count). The summed E-state index contributed by atoms with van der Waals surface area (Å²) in [5, 5.41) is 2.64. The molecule has 29 heavy (non-hydrogen) atoms. The van der Waals surface area contributed by atoms with Gasteiger partial charge in [-0.25, -0.2) is 18.1 Å². The van der Waals surface area contributed by atoms with E-state index in [0.717, 1.165) is 5.56 Å². The second kappa shape index (κ2) is 8.85. The minimum absolute atomic E-state index is 0.0501. The van der Waals surface area contributed by atoms with E-state index in [1.165, 1.54) is 19.4 Å². The van der Waals surface area contributed by atoms with Crippen molar-refractivity contribution in [2.75, 3.05) is 12.4 Å². The summed E-state index contributed by atoms with van der Waals surface area (Å²) in [4.78, 5) is 16.8. The summed E-state index contributed by atoms with van der Waals surface area (Å²) in [5.41, 5.74) is 1.57. The smallest absolute Gasteiger partial charge is 0.256 e. The predicted molar refractivity (Wildman–Crippen MR) is 110 cm³/mol. The third-order valence-corrected chi connectivity index (χ3v) is 5.81. The van der Waals surface area contributed by atoms with Crippen LogP contribution < -0.4 is 14.8 Å². The first-order valence-electron chi connectivity index (χ1n) is 8.85. The average molecular weight is 411 g/mol. The van der Waals surface area contributed by atoms with Gasteiger partial charge in [-0.2, -0.15) is 0 Å². The van der Waals surface area contributed by atoms with E-state index in [-0.39, 0.29) is 22.8 Å². The molecule has 7 nitrogen and oxygen atoms in total. The topological polar surface area (TPSA) is 97.4 Å². The lowest BCUT2D eigenvalue weighted by atomic mass is 10.1. The molecule has 0 fully saturated rings. The minimum atomic E-state index is -3.80. The summed E-state index contributed by atoms with van der Waals surface area (Å²) in [5.74, 6) is 0.180. The second-order valence-electron chi connectivity index (χ2n) is 6.30. The third-order valence-electron chi connectivity index (χ3n) is 4.27. The van der Waals surface area contributed by atoms with Crippen molar-refractivity contribution in [3.63, 3.8) is 0 Å². The maximum Gasteiger partial charge on any atom is 0.256 e. The van der Waals surface area contributed by atoms with Gasteiger partial charge in [0.05, 0.1) is 12.0 Å². The van der Waals surface area contributed by atoms with E-state index in [1.807, 2.05) is 30.3 Å². The SMILES string of the molecule is COc1cccnc1NC(=O)c1ccc(C)c(S(=O)(=O)NCc2ccccc2)c1. The fourth-order valence-corrected chi connectivity index (χ4v) is 4.00. The molecule has 0 spiro atoms.